The van der Waals surface area contributed by atoms with E-state index in [1.165, 1.54) is 0 Å². The van der Waals surface area contributed by atoms with Crippen molar-refractivity contribution in [2.75, 3.05) is 32.8 Å². The van der Waals surface area contributed by atoms with Crippen molar-refractivity contribution < 1.29 is 14.3 Å². The Labute approximate surface area is 150 Å². The van der Waals surface area contributed by atoms with Gasteiger partial charge in [-0.3, -0.25) is 9.59 Å². The molecule has 1 saturated heterocycles. The number of carbonyl (C=O) groups is 2. The Morgan fingerprint density at radius 3 is 2.20 bits per heavy atom. The normalized spacial score (nSPS) is 15.0. The Kier molecular flexibility index (Phi) is 7.76. The average Bonchev–Trinajstić information content (AvgIpc) is 2.88. The lowest BCUT2D eigenvalue weighted by Gasteiger charge is -2.22. The maximum Gasteiger partial charge on any atom is 0.227 e. The van der Waals surface area contributed by atoms with Gasteiger partial charge in [-0.1, -0.05) is 25.5 Å². The molecule has 1 aromatic carbocycles. The van der Waals surface area contributed by atoms with Gasteiger partial charge in [-0.05, 0) is 37.5 Å². The van der Waals surface area contributed by atoms with Crippen LogP contribution in [0.25, 0.3) is 0 Å². The molecule has 5 nitrogen and oxygen atoms in total. The van der Waals surface area contributed by atoms with Crippen LogP contribution in [-0.2, 0) is 16.0 Å². The first-order chi connectivity index (χ1) is 12.1. The average molecular weight is 346 g/mol. The molecule has 5 heteroatoms. The number of unbranched alkanes of at least 4 members (excludes halogenated alkanes) is 1. The summed E-state index contributed by atoms with van der Waals surface area (Å²) in [5, 5.41) is 0. The van der Waals surface area contributed by atoms with Crippen LogP contribution in [0.3, 0.4) is 0 Å². The van der Waals surface area contributed by atoms with Gasteiger partial charge >= 0.3 is 0 Å². The van der Waals surface area contributed by atoms with Gasteiger partial charge < -0.3 is 14.5 Å². The molecule has 1 aliphatic heterocycles. The van der Waals surface area contributed by atoms with Gasteiger partial charge in [0.2, 0.25) is 11.8 Å². The molecule has 1 aliphatic rings. The molecule has 138 valence electrons. The number of benzene rings is 1. The summed E-state index contributed by atoms with van der Waals surface area (Å²) in [6.45, 7) is 7.46. The van der Waals surface area contributed by atoms with Crippen LogP contribution in [0.2, 0.25) is 0 Å². The van der Waals surface area contributed by atoms with Gasteiger partial charge in [0.05, 0.1) is 13.0 Å². The van der Waals surface area contributed by atoms with E-state index < -0.39 is 0 Å². The largest absolute Gasteiger partial charge is 0.494 e. The summed E-state index contributed by atoms with van der Waals surface area (Å²) in [4.78, 5) is 28.6. The van der Waals surface area contributed by atoms with Crippen LogP contribution in [0.4, 0.5) is 0 Å². The summed E-state index contributed by atoms with van der Waals surface area (Å²) in [7, 11) is 0. The van der Waals surface area contributed by atoms with E-state index in [4.69, 9.17) is 4.74 Å². The van der Waals surface area contributed by atoms with Crippen molar-refractivity contribution in [2.24, 2.45) is 0 Å². The number of nitrogens with zero attached hydrogens (tertiary/aromatic N) is 2. The number of hydrogen-bond donors (Lipinski definition) is 0. The number of hydrogen-bond acceptors (Lipinski definition) is 3. The molecule has 2 rings (SSSR count). The summed E-state index contributed by atoms with van der Waals surface area (Å²) in [6.07, 6.45) is 3.85. The Balaban J connectivity index is 1.84. The minimum atomic E-state index is 0.131. The van der Waals surface area contributed by atoms with E-state index in [1.807, 2.05) is 41.0 Å². The molecular formula is C20H30N2O3. The number of rotatable bonds is 7. The van der Waals surface area contributed by atoms with Crippen molar-refractivity contribution in [1.29, 1.82) is 0 Å². The van der Waals surface area contributed by atoms with E-state index in [2.05, 4.69) is 6.92 Å². The molecule has 0 bridgehead atoms. The van der Waals surface area contributed by atoms with E-state index in [0.717, 1.165) is 43.7 Å². The summed E-state index contributed by atoms with van der Waals surface area (Å²) >= 11 is 0. The third kappa shape index (κ3) is 6.07. The zero-order chi connectivity index (χ0) is 18.1. The first-order valence-electron chi connectivity index (χ1n) is 9.41. The highest BCUT2D eigenvalue weighted by molar-refractivity contribution is 5.79. The number of ether oxygens (including phenoxy) is 1. The Hall–Kier alpha value is -2.04. The van der Waals surface area contributed by atoms with Crippen LogP contribution >= 0.6 is 0 Å². The fraction of sp³-hybridized carbons (Fsp3) is 0.600. The molecule has 2 amide bonds. The Morgan fingerprint density at radius 2 is 1.60 bits per heavy atom. The first kappa shape index (κ1) is 19.3. The van der Waals surface area contributed by atoms with Crippen molar-refractivity contribution in [3.8, 4) is 5.75 Å². The molecule has 0 atom stereocenters. The quantitative estimate of drug-likeness (QED) is 0.763. The topological polar surface area (TPSA) is 49.9 Å². The maximum absolute atomic E-state index is 12.6. The standard InChI is InChI=1S/C20H30N2O3/c1-3-5-7-19(23)21-12-6-13-22(15-14-21)20(24)16-17-8-10-18(11-9-17)25-4-2/h8-11H,3-7,12-16H2,1-2H3. The minimum Gasteiger partial charge on any atom is -0.494 e. The molecule has 1 aromatic rings. The smallest absolute Gasteiger partial charge is 0.227 e. The van der Waals surface area contributed by atoms with E-state index in [9.17, 15) is 9.59 Å². The molecule has 0 radical (unpaired) electrons. The van der Waals surface area contributed by atoms with Crippen molar-refractivity contribution in [3.63, 3.8) is 0 Å². The molecule has 0 aliphatic carbocycles. The van der Waals surface area contributed by atoms with Crippen LogP contribution in [0.1, 0.15) is 45.1 Å². The van der Waals surface area contributed by atoms with Crippen molar-refractivity contribution in [3.05, 3.63) is 29.8 Å². The van der Waals surface area contributed by atoms with Crippen LogP contribution in [0.5, 0.6) is 5.75 Å². The van der Waals surface area contributed by atoms with Crippen molar-refractivity contribution in [1.82, 2.24) is 9.80 Å². The lowest BCUT2D eigenvalue weighted by atomic mass is 10.1. The van der Waals surface area contributed by atoms with Gasteiger partial charge in [-0.15, -0.1) is 0 Å². The van der Waals surface area contributed by atoms with Gasteiger partial charge in [0.15, 0.2) is 0 Å². The zero-order valence-electron chi connectivity index (χ0n) is 15.5. The molecule has 25 heavy (non-hydrogen) atoms. The van der Waals surface area contributed by atoms with E-state index in [0.29, 0.717) is 32.5 Å². The molecule has 0 saturated carbocycles. The minimum absolute atomic E-state index is 0.131. The summed E-state index contributed by atoms with van der Waals surface area (Å²) in [5.41, 5.74) is 0.994. The second-order valence-corrected chi connectivity index (χ2v) is 6.47. The molecule has 1 fully saturated rings. The van der Waals surface area contributed by atoms with Gasteiger partial charge in [-0.25, -0.2) is 0 Å². The molecule has 0 spiro atoms. The van der Waals surface area contributed by atoms with Crippen LogP contribution in [-0.4, -0.2) is 54.4 Å². The van der Waals surface area contributed by atoms with Gasteiger partial charge in [0.1, 0.15) is 5.75 Å². The summed E-state index contributed by atoms with van der Waals surface area (Å²) in [5.74, 6) is 1.18. The lowest BCUT2D eigenvalue weighted by Crippen LogP contribution is -2.37. The van der Waals surface area contributed by atoms with E-state index in [1.54, 1.807) is 0 Å². The van der Waals surface area contributed by atoms with Crippen molar-refractivity contribution >= 4 is 11.8 Å². The van der Waals surface area contributed by atoms with Gasteiger partial charge in [0, 0.05) is 32.6 Å². The Bertz CT molecular complexity index is 557. The SMILES string of the molecule is CCCCC(=O)N1CCCN(C(=O)Cc2ccc(OCC)cc2)CC1. The molecule has 0 unspecified atom stereocenters. The van der Waals surface area contributed by atoms with Crippen molar-refractivity contribution in [2.45, 2.75) is 46.0 Å². The molecule has 0 aromatic heterocycles. The predicted octanol–water partition coefficient (Wildman–Crippen LogP) is 2.88. The molecule has 1 heterocycles. The highest BCUT2D eigenvalue weighted by Gasteiger charge is 2.21. The molecule has 0 N–H and O–H groups in total. The third-order valence-corrected chi connectivity index (χ3v) is 4.54. The zero-order valence-corrected chi connectivity index (χ0v) is 15.5. The fourth-order valence-electron chi connectivity index (χ4n) is 3.06. The summed E-state index contributed by atoms with van der Waals surface area (Å²) < 4.78 is 5.43. The predicted molar refractivity (Wildman–Crippen MR) is 98.6 cm³/mol. The monoisotopic (exact) mass is 346 g/mol. The molecular weight excluding hydrogens is 316 g/mol. The first-order valence-corrected chi connectivity index (χ1v) is 9.41. The van der Waals surface area contributed by atoms with Gasteiger partial charge in [0.25, 0.3) is 0 Å². The maximum atomic E-state index is 12.6. The fourth-order valence-corrected chi connectivity index (χ4v) is 3.06. The highest BCUT2D eigenvalue weighted by Crippen LogP contribution is 2.14. The van der Waals surface area contributed by atoms with Crippen LogP contribution in [0.15, 0.2) is 24.3 Å². The van der Waals surface area contributed by atoms with E-state index in [-0.39, 0.29) is 11.8 Å². The third-order valence-electron chi connectivity index (χ3n) is 4.54. The Morgan fingerprint density at radius 1 is 0.960 bits per heavy atom. The van der Waals surface area contributed by atoms with Crippen LogP contribution in [0, 0.1) is 0 Å². The lowest BCUT2D eigenvalue weighted by molar-refractivity contribution is -0.133. The number of carbonyl (C=O) groups excluding carboxylic acids is 2. The summed E-state index contributed by atoms with van der Waals surface area (Å²) in [6, 6.07) is 7.70. The highest BCUT2D eigenvalue weighted by atomic mass is 16.5. The van der Waals surface area contributed by atoms with E-state index >= 15 is 0 Å². The van der Waals surface area contributed by atoms with Crippen LogP contribution < -0.4 is 4.74 Å². The second kappa shape index (κ2) is 10.1. The number of amides is 2. The second-order valence-electron chi connectivity index (χ2n) is 6.47. The van der Waals surface area contributed by atoms with Gasteiger partial charge in [-0.2, -0.15) is 0 Å².